The molecule has 0 amide bonds. The van der Waals surface area contributed by atoms with Crippen molar-refractivity contribution in [3.8, 4) is 0 Å². The van der Waals surface area contributed by atoms with Crippen molar-refractivity contribution in [1.29, 1.82) is 0 Å². The molecule has 6 nitrogen and oxygen atoms in total. The zero-order valence-corrected chi connectivity index (χ0v) is 13.7. The lowest BCUT2D eigenvalue weighted by molar-refractivity contribution is -0.141. The van der Waals surface area contributed by atoms with Crippen LogP contribution in [-0.4, -0.2) is 45.4 Å². The molecule has 1 aliphatic heterocycles. The second kappa shape index (κ2) is 6.56. The Balaban J connectivity index is 1.75. The van der Waals surface area contributed by atoms with Crippen molar-refractivity contribution in [1.82, 2.24) is 19.6 Å². The van der Waals surface area contributed by atoms with Crippen LogP contribution in [0.5, 0.6) is 0 Å². The van der Waals surface area contributed by atoms with Gasteiger partial charge in [-0.1, -0.05) is 30.3 Å². The maximum absolute atomic E-state index is 13.3. The van der Waals surface area contributed by atoms with Crippen LogP contribution in [0, 0.1) is 0 Å². The Bertz CT molecular complexity index is 896. The highest BCUT2D eigenvalue weighted by atomic mass is 19.4. The van der Waals surface area contributed by atoms with E-state index >= 15 is 0 Å². The molecule has 3 aromatic rings. The highest BCUT2D eigenvalue weighted by Gasteiger charge is 2.35. The third-order valence-electron chi connectivity index (χ3n) is 4.36. The summed E-state index contributed by atoms with van der Waals surface area (Å²) in [5, 5.41) is 4.05. The highest BCUT2D eigenvalue weighted by Crippen LogP contribution is 2.31. The predicted molar refractivity (Wildman–Crippen MR) is 87.9 cm³/mol. The van der Waals surface area contributed by atoms with E-state index in [1.807, 2.05) is 35.2 Å². The third kappa shape index (κ3) is 3.22. The molecule has 0 radical (unpaired) electrons. The Morgan fingerprint density at radius 1 is 1.19 bits per heavy atom. The Hall–Kier alpha value is -2.68. The second-order valence-corrected chi connectivity index (χ2v) is 6.08. The highest BCUT2D eigenvalue weighted by molar-refractivity contribution is 5.49. The minimum absolute atomic E-state index is 0.0697. The summed E-state index contributed by atoms with van der Waals surface area (Å²) < 4.78 is 46.7. The maximum atomic E-state index is 13.3. The van der Waals surface area contributed by atoms with E-state index in [4.69, 9.17) is 4.74 Å². The van der Waals surface area contributed by atoms with Crippen LogP contribution < -0.4 is 4.90 Å². The zero-order valence-electron chi connectivity index (χ0n) is 13.7. The average molecular weight is 363 g/mol. The SMILES string of the molecule is FC(F)(F)c1cc(N2CCOCC2Cc2ccccc2)n2ncnc2n1. The van der Waals surface area contributed by atoms with Gasteiger partial charge < -0.3 is 9.64 Å². The number of fused-ring (bicyclic) bond motifs is 1. The first-order chi connectivity index (χ1) is 12.5. The number of morpholine rings is 1. The van der Waals surface area contributed by atoms with Gasteiger partial charge in [0.25, 0.3) is 5.78 Å². The molecule has 0 spiro atoms. The number of alkyl halides is 3. The van der Waals surface area contributed by atoms with Gasteiger partial charge in [0.15, 0.2) is 5.69 Å². The Kier molecular flexibility index (Phi) is 4.23. The molecule has 1 saturated heterocycles. The number of rotatable bonds is 3. The fourth-order valence-electron chi connectivity index (χ4n) is 3.16. The molecule has 0 N–H and O–H groups in total. The second-order valence-electron chi connectivity index (χ2n) is 6.08. The molecule has 136 valence electrons. The monoisotopic (exact) mass is 363 g/mol. The van der Waals surface area contributed by atoms with E-state index in [0.717, 1.165) is 11.6 Å². The standard InChI is InChI=1S/C17H16F3N5O/c18-17(19,20)14-9-15(25-16(23-14)21-11-22-25)24-6-7-26-10-13(24)8-12-4-2-1-3-5-12/h1-5,9,11,13H,6-8,10H2. The van der Waals surface area contributed by atoms with Gasteiger partial charge in [-0.05, 0) is 12.0 Å². The lowest BCUT2D eigenvalue weighted by atomic mass is 10.0. The van der Waals surface area contributed by atoms with Gasteiger partial charge in [-0.25, -0.2) is 4.98 Å². The van der Waals surface area contributed by atoms with E-state index in [1.54, 1.807) is 0 Å². The topological polar surface area (TPSA) is 55.6 Å². The van der Waals surface area contributed by atoms with Crippen molar-refractivity contribution in [2.45, 2.75) is 18.6 Å². The van der Waals surface area contributed by atoms with E-state index in [1.165, 1.54) is 10.8 Å². The van der Waals surface area contributed by atoms with E-state index in [9.17, 15) is 13.2 Å². The summed E-state index contributed by atoms with van der Waals surface area (Å²) in [7, 11) is 0. The summed E-state index contributed by atoms with van der Waals surface area (Å²) in [5.41, 5.74) is 0.117. The molecule has 9 heteroatoms. The first-order valence-corrected chi connectivity index (χ1v) is 8.18. The Morgan fingerprint density at radius 3 is 2.77 bits per heavy atom. The van der Waals surface area contributed by atoms with Crippen molar-refractivity contribution < 1.29 is 17.9 Å². The number of ether oxygens (including phenoxy) is 1. The molecular formula is C17H16F3N5O. The summed E-state index contributed by atoms with van der Waals surface area (Å²) in [6.07, 6.45) is -2.69. The van der Waals surface area contributed by atoms with Crippen molar-refractivity contribution in [2.24, 2.45) is 0 Å². The predicted octanol–water partition coefficient (Wildman–Crippen LogP) is 2.59. The van der Waals surface area contributed by atoms with Crippen molar-refractivity contribution in [2.75, 3.05) is 24.7 Å². The molecule has 26 heavy (non-hydrogen) atoms. The molecule has 0 aliphatic carbocycles. The number of halogens is 3. The summed E-state index contributed by atoms with van der Waals surface area (Å²) in [6, 6.07) is 10.7. The normalized spacial score (nSPS) is 18.4. The average Bonchev–Trinajstić information content (AvgIpc) is 3.10. The van der Waals surface area contributed by atoms with Crippen LogP contribution in [0.15, 0.2) is 42.7 Å². The van der Waals surface area contributed by atoms with E-state index in [2.05, 4.69) is 15.1 Å². The van der Waals surface area contributed by atoms with Crippen LogP contribution in [0.4, 0.5) is 19.0 Å². The van der Waals surface area contributed by atoms with Crippen LogP contribution in [-0.2, 0) is 17.3 Å². The maximum Gasteiger partial charge on any atom is 0.433 e. The molecule has 1 atom stereocenters. The quantitative estimate of drug-likeness (QED) is 0.716. The van der Waals surface area contributed by atoms with Gasteiger partial charge in [-0.15, -0.1) is 0 Å². The summed E-state index contributed by atoms with van der Waals surface area (Å²) in [5.74, 6) is 0.254. The van der Waals surface area contributed by atoms with Gasteiger partial charge in [0.1, 0.15) is 12.1 Å². The van der Waals surface area contributed by atoms with Gasteiger partial charge in [0.05, 0.1) is 19.3 Å². The molecule has 0 bridgehead atoms. The summed E-state index contributed by atoms with van der Waals surface area (Å²) in [4.78, 5) is 9.32. The molecule has 0 saturated carbocycles. The van der Waals surface area contributed by atoms with Crippen molar-refractivity contribution in [3.05, 3.63) is 54.0 Å². The first-order valence-electron chi connectivity index (χ1n) is 8.18. The van der Waals surface area contributed by atoms with Gasteiger partial charge in [0, 0.05) is 12.6 Å². The number of hydrogen-bond donors (Lipinski definition) is 0. The molecule has 1 aliphatic rings. The largest absolute Gasteiger partial charge is 0.433 e. The molecule has 1 fully saturated rings. The van der Waals surface area contributed by atoms with Crippen LogP contribution in [0.3, 0.4) is 0 Å². The number of anilines is 1. The lowest BCUT2D eigenvalue weighted by Gasteiger charge is -2.37. The van der Waals surface area contributed by atoms with Crippen LogP contribution >= 0.6 is 0 Å². The minimum atomic E-state index is -4.55. The molecule has 2 aromatic heterocycles. The molecule has 3 heterocycles. The van der Waals surface area contributed by atoms with E-state index in [-0.39, 0.29) is 11.8 Å². The molecular weight excluding hydrogens is 347 g/mol. The number of benzene rings is 1. The number of nitrogens with zero attached hydrogens (tertiary/aromatic N) is 5. The van der Waals surface area contributed by atoms with Crippen molar-refractivity contribution in [3.63, 3.8) is 0 Å². The first kappa shape index (κ1) is 16.8. The van der Waals surface area contributed by atoms with E-state index in [0.29, 0.717) is 32.0 Å². The zero-order chi connectivity index (χ0) is 18.1. The van der Waals surface area contributed by atoms with Crippen LogP contribution in [0.2, 0.25) is 0 Å². The minimum Gasteiger partial charge on any atom is -0.377 e. The molecule has 1 aromatic carbocycles. The Morgan fingerprint density at radius 2 is 2.00 bits per heavy atom. The molecule has 4 rings (SSSR count). The Labute approximate surface area is 147 Å². The number of hydrogen-bond acceptors (Lipinski definition) is 5. The van der Waals surface area contributed by atoms with Crippen LogP contribution in [0.25, 0.3) is 5.78 Å². The fourth-order valence-corrected chi connectivity index (χ4v) is 3.16. The van der Waals surface area contributed by atoms with E-state index < -0.39 is 11.9 Å². The smallest absolute Gasteiger partial charge is 0.377 e. The van der Waals surface area contributed by atoms with Crippen LogP contribution in [0.1, 0.15) is 11.3 Å². The third-order valence-corrected chi connectivity index (χ3v) is 4.36. The van der Waals surface area contributed by atoms with Gasteiger partial charge in [-0.3, -0.25) is 0 Å². The summed E-state index contributed by atoms with van der Waals surface area (Å²) >= 11 is 0. The summed E-state index contributed by atoms with van der Waals surface area (Å²) in [6.45, 7) is 1.33. The van der Waals surface area contributed by atoms with Gasteiger partial charge in [0.2, 0.25) is 0 Å². The van der Waals surface area contributed by atoms with Gasteiger partial charge in [-0.2, -0.15) is 27.8 Å². The number of aromatic nitrogens is 4. The van der Waals surface area contributed by atoms with Gasteiger partial charge >= 0.3 is 6.18 Å². The van der Waals surface area contributed by atoms with Crippen molar-refractivity contribution >= 4 is 11.6 Å². The fraction of sp³-hybridized carbons (Fsp3) is 0.353. The lowest BCUT2D eigenvalue weighted by Crippen LogP contribution is -2.47. The molecule has 1 unspecified atom stereocenters.